The summed E-state index contributed by atoms with van der Waals surface area (Å²) in [4.78, 5) is 11.0. The van der Waals surface area contributed by atoms with Crippen molar-refractivity contribution in [3.8, 4) is 11.5 Å². The fourth-order valence-corrected chi connectivity index (χ4v) is 3.72. The van der Waals surface area contributed by atoms with Gasteiger partial charge in [0.2, 0.25) is 0 Å². The number of ether oxygens (including phenoxy) is 2. The van der Waals surface area contributed by atoms with Crippen molar-refractivity contribution in [3.05, 3.63) is 47.2 Å². The second kappa shape index (κ2) is 8.02. The van der Waals surface area contributed by atoms with Gasteiger partial charge in [0.05, 0.1) is 23.8 Å². The quantitative estimate of drug-likeness (QED) is 0.638. The highest BCUT2D eigenvalue weighted by Gasteiger charge is 2.19. The maximum absolute atomic E-state index is 5.93. The van der Waals surface area contributed by atoms with Gasteiger partial charge in [-0.1, -0.05) is 12.1 Å². The molecule has 1 aromatic heterocycles. The van der Waals surface area contributed by atoms with E-state index in [-0.39, 0.29) is 0 Å². The number of aromatic amines is 2. The minimum absolute atomic E-state index is 0.634. The summed E-state index contributed by atoms with van der Waals surface area (Å²) in [5.41, 5.74) is 3.15. The average molecular weight is 385 g/mol. The molecule has 4 rings (SSSR count). The van der Waals surface area contributed by atoms with E-state index >= 15 is 0 Å². The van der Waals surface area contributed by atoms with Crippen LogP contribution in [0, 0.1) is 4.77 Å². The second-order valence-corrected chi connectivity index (χ2v) is 7.04. The Morgan fingerprint density at radius 2 is 1.78 bits per heavy atom. The molecule has 2 heterocycles. The Kier molecular flexibility index (Phi) is 5.31. The standard InChI is InChI=1S/C20H24N4O2S/c1-25-19-5-3-2-4-18(19)24-10-8-23(9-11-24)12-13-26-15-6-7-16-17(14-15)22-20(27)21-16/h2-7,14H,8-13H2,1H3,(H2,21,22,27). The molecule has 7 heteroatoms. The highest BCUT2D eigenvalue weighted by molar-refractivity contribution is 7.71. The van der Waals surface area contributed by atoms with E-state index in [1.165, 1.54) is 5.69 Å². The van der Waals surface area contributed by atoms with Gasteiger partial charge in [0.15, 0.2) is 4.77 Å². The molecule has 0 saturated carbocycles. The van der Waals surface area contributed by atoms with Gasteiger partial charge in [-0.25, -0.2) is 0 Å². The molecule has 142 valence electrons. The zero-order valence-electron chi connectivity index (χ0n) is 15.4. The van der Waals surface area contributed by atoms with Gasteiger partial charge in [0.1, 0.15) is 18.1 Å². The number of imidazole rings is 1. The number of fused-ring (bicyclic) bond motifs is 1. The summed E-state index contributed by atoms with van der Waals surface area (Å²) in [6, 6.07) is 14.2. The molecule has 0 spiro atoms. The number of methoxy groups -OCH3 is 1. The van der Waals surface area contributed by atoms with Crippen molar-refractivity contribution in [2.24, 2.45) is 0 Å². The van der Waals surface area contributed by atoms with Crippen molar-refractivity contribution >= 4 is 28.9 Å². The minimum atomic E-state index is 0.634. The van der Waals surface area contributed by atoms with Crippen molar-refractivity contribution in [1.29, 1.82) is 0 Å². The monoisotopic (exact) mass is 384 g/mol. The maximum atomic E-state index is 5.93. The molecule has 6 nitrogen and oxygen atoms in total. The van der Waals surface area contributed by atoms with Gasteiger partial charge in [-0.2, -0.15) is 0 Å². The highest BCUT2D eigenvalue weighted by Crippen LogP contribution is 2.28. The molecule has 2 N–H and O–H groups in total. The Bertz CT molecular complexity index is 960. The van der Waals surface area contributed by atoms with Crippen LogP contribution < -0.4 is 14.4 Å². The predicted octanol–water partition coefficient (Wildman–Crippen LogP) is 3.44. The SMILES string of the molecule is COc1ccccc1N1CCN(CCOc2ccc3[nH]c(=S)[nH]c3c2)CC1. The van der Waals surface area contributed by atoms with E-state index in [1.54, 1.807) is 7.11 Å². The first-order valence-corrected chi connectivity index (χ1v) is 9.59. The number of hydrogen-bond acceptors (Lipinski definition) is 5. The lowest BCUT2D eigenvalue weighted by atomic mass is 10.2. The topological polar surface area (TPSA) is 56.5 Å². The smallest absolute Gasteiger partial charge is 0.175 e. The molecule has 1 aliphatic rings. The van der Waals surface area contributed by atoms with Gasteiger partial charge in [0.25, 0.3) is 0 Å². The molecule has 0 bridgehead atoms. The summed E-state index contributed by atoms with van der Waals surface area (Å²) in [6.45, 7) is 5.61. The zero-order valence-corrected chi connectivity index (χ0v) is 16.2. The zero-order chi connectivity index (χ0) is 18.6. The first-order chi connectivity index (χ1) is 13.2. The Labute approximate surface area is 163 Å². The molecule has 0 unspecified atom stereocenters. The van der Waals surface area contributed by atoms with Gasteiger partial charge in [-0.15, -0.1) is 0 Å². The summed E-state index contributed by atoms with van der Waals surface area (Å²) < 4.78 is 12.0. The van der Waals surface area contributed by atoms with E-state index in [0.29, 0.717) is 11.4 Å². The predicted molar refractivity (Wildman–Crippen MR) is 111 cm³/mol. The molecule has 2 aromatic carbocycles. The van der Waals surface area contributed by atoms with Crippen LogP contribution in [0.3, 0.4) is 0 Å². The molecule has 1 saturated heterocycles. The molecule has 0 radical (unpaired) electrons. The Morgan fingerprint density at radius 1 is 1.00 bits per heavy atom. The molecular formula is C20H24N4O2S. The summed E-state index contributed by atoms with van der Waals surface area (Å²) >= 11 is 5.12. The van der Waals surface area contributed by atoms with Crippen molar-refractivity contribution in [2.45, 2.75) is 0 Å². The van der Waals surface area contributed by atoms with Crippen molar-refractivity contribution in [2.75, 3.05) is 51.3 Å². The van der Waals surface area contributed by atoms with Crippen LogP contribution in [0.25, 0.3) is 11.0 Å². The second-order valence-electron chi connectivity index (χ2n) is 6.64. The van der Waals surface area contributed by atoms with E-state index in [0.717, 1.165) is 55.3 Å². The van der Waals surface area contributed by atoms with Gasteiger partial charge in [-0.3, -0.25) is 4.90 Å². The Hall–Kier alpha value is -2.51. The third kappa shape index (κ3) is 4.09. The fraction of sp³-hybridized carbons (Fsp3) is 0.350. The molecule has 1 aliphatic heterocycles. The summed E-state index contributed by atoms with van der Waals surface area (Å²) in [7, 11) is 1.73. The van der Waals surface area contributed by atoms with Crippen LogP contribution in [0.1, 0.15) is 0 Å². The van der Waals surface area contributed by atoms with E-state index < -0.39 is 0 Å². The molecular weight excluding hydrogens is 360 g/mol. The average Bonchev–Trinajstić information content (AvgIpc) is 3.08. The number of anilines is 1. The lowest BCUT2D eigenvalue weighted by Gasteiger charge is -2.36. The van der Waals surface area contributed by atoms with Crippen LogP contribution in [0.2, 0.25) is 0 Å². The molecule has 27 heavy (non-hydrogen) atoms. The maximum Gasteiger partial charge on any atom is 0.175 e. The van der Waals surface area contributed by atoms with Crippen LogP contribution in [0.5, 0.6) is 11.5 Å². The highest BCUT2D eigenvalue weighted by atomic mass is 32.1. The molecule has 3 aromatic rings. The number of benzene rings is 2. The Morgan fingerprint density at radius 3 is 2.59 bits per heavy atom. The van der Waals surface area contributed by atoms with E-state index in [1.807, 2.05) is 30.3 Å². The van der Waals surface area contributed by atoms with Gasteiger partial charge in [0, 0.05) is 38.8 Å². The Balaban J connectivity index is 1.27. The van der Waals surface area contributed by atoms with Crippen LogP contribution in [-0.2, 0) is 0 Å². The number of piperazine rings is 1. The third-order valence-corrected chi connectivity index (χ3v) is 5.17. The molecule has 0 aliphatic carbocycles. The van der Waals surface area contributed by atoms with Gasteiger partial charge < -0.3 is 24.3 Å². The van der Waals surface area contributed by atoms with E-state index in [2.05, 4.69) is 31.9 Å². The number of H-pyrrole nitrogens is 2. The first kappa shape index (κ1) is 17.9. The number of para-hydroxylation sites is 2. The van der Waals surface area contributed by atoms with Crippen LogP contribution in [0.15, 0.2) is 42.5 Å². The molecule has 1 fully saturated rings. The third-order valence-electron chi connectivity index (χ3n) is 4.96. The van der Waals surface area contributed by atoms with Crippen molar-refractivity contribution < 1.29 is 9.47 Å². The molecule has 0 atom stereocenters. The molecule has 0 amide bonds. The normalized spacial score (nSPS) is 15.2. The van der Waals surface area contributed by atoms with E-state index in [9.17, 15) is 0 Å². The lowest BCUT2D eigenvalue weighted by Crippen LogP contribution is -2.47. The minimum Gasteiger partial charge on any atom is -0.495 e. The summed E-state index contributed by atoms with van der Waals surface area (Å²) in [5.74, 6) is 1.80. The van der Waals surface area contributed by atoms with Gasteiger partial charge in [-0.05, 0) is 36.5 Å². The number of hydrogen-bond donors (Lipinski definition) is 2. The van der Waals surface area contributed by atoms with Crippen LogP contribution >= 0.6 is 12.2 Å². The number of aromatic nitrogens is 2. The summed E-state index contributed by atoms with van der Waals surface area (Å²) in [6.07, 6.45) is 0. The van der Waals surface area contributed by atoms with E-state index in [4.69, 9.17) is 21.7 Å². The van der Waals surface area contributed by atoms with Crippen LogP contribution in [0.4, 0.5) is 5.69 Å². The fourth-order valence-electron chi connectivity index (χ4n) is 3.50. The lowest BCUT2D eigenvalue weighted by molar-refractivity contribution is 0.200. The van der Waals surface area contributed by atoms with Crippen molar-refractivity contribution in [3.63, 3.8) is 0 Å². The van der Waals surface area contributed by atoms with Gasteiger partial charge >= 0.3 is 0 Å². The van der Waals surface area contributed by atoms with Crippen LogP contribution in [-0.4, -0.2) is 61.3 Å². The van der Waals surface area contributed by atoms with Crippen molar-refractivity contribution in [1.82, 2.24) is 14.9 Å². The largest absolute Gasteiger partial charge is 0.495 e. The summed E-state index contributed by atoms with van der Waals surface area (Å²) in [5, 5.41) is 0. The first-order valence-electron chi connectivity index (χ1n) is 9.18. The number of nitrogens with one attached hydrogen (secondary N) is 2. The number of rotatable bonds is 6. The number of nitrogens with zero attached hydrogens (tertiary/aromatic N) is 2.